The lowest BCUT2D eigenvalue weighted by Gasteiger charge is -2.17. The van der Waals surface area contributed by atoms with E-state index < -0.39 is 0 Å². The van der Waals surface area contributed by atoms with Gasteiger partial charge in [0.1, 0.15) is 6.33 Å². The highest BCUT2D eigenvalue weighted by Crippen LogP contribution is 2.15. The Hall–Kier alpha value is -2.02. The smallest absolute Gasteiger partial charge is 0.252 e. The molecule has 0 saturated heterocycles. The summed E-state index contributed by atoms with van der Waals surface area (Å²) >= 11 is 0. The molecule has 0 aliphatic heterocycles. The topological polar surface area (TPSA) is 75.4 Å². The molecular formula is C14H22N6O. The van der Waals surface area contributed by atoms with E-state index in [0.717, 1.165) is 23.5 Å². The van der Waals surface area contributed by atoms with Crippen LogP contribution in [-0.2, 0) is 11.2 Å². The van der Waals surface area contributed by atoms with Crippen molar-refractivity contribution in [2.45, 2.75) is 26.7 Å². The zero-order valence-corrected chi connectivity index (χ0v) is 13.1. The summed E-state index contributed by atoms with van der Waals surface area (Å²) in [5, 5.41) is 7.20. The second kappa shape index (κ2) is 6.62. The minimum Gasteiger partial charge on any atom is -0.344 e. The molecule has 2 rings (SSSR count). The van der Waals surface area contributed by atoms with Crippen LogP contribution in [0.1, 0.15) is 23.4 Å². The summed E-state index contributed by atoms with van der Waals surface area (Å²) in [5.41, 5.74) is 2.99. The van der Waals surface area contributed by atoms with Crippen LogP contribution < -0.4 is 5.32 Å². The standard InChI is InChI=1S/C14H22N6O/c1-10-12(5-6-13(21)19(4)8-7-15-3)11(2)20-14(18-10)16-9-17-20/h9,15H,5-8H2,1-4H3. The molecule has 0 bridgehead atoms. The van der Waals surface area contributed by atoms with E-state index >= 15 is 0 Å². The van der Waals surface area contributed by atoms with Gasteiger partial charge in [-0.25, -0.2) is 9.50 Å². The molecule has 0 aromatic carbocycles. The number of nitrogens with zero attached hydrogens (tertiary/aromatic N) is 5. The third-order valence-corrected chi connectivity index (χ3v) is 3.70. The first-order chi connectivity index (χ1) is 10.0. The van der Waals surface area contributed by atoms with Crippen LogP contribution in [0.15, 0.2) is 6.33 Å². The van der Waals surface area contributed by atoms with Gasteiger partial charge in [-0.3, -0.25) is 4.79 Å². The Kier molecular flexibility index (Phi) is 4.85. The SMILES string of the molecule is CNCCN(C)C(=O)CCc1c(C)nc2ncnn2c1C. The number of aryl methyl sites for hydroxylation is 2. The molecule has 0 radical (unpaired) electrons. The minimum absolute atomic E-state index is 0.141. The first kappa shape index (κ1) is 15.4. The summed E-state index contributed by atoms with van der Waals surface area (Å²) in [6, 6.07) is 0. The van der Waals surface area contributed by atoms with E-state index in [2.05, 4.69) is 20.4 Å². The maximum atomic E-state index is 12.1. The van der Waals surface area contributed by atoms with Crippen LogP contribution in [0.5, 0.6) is 0 Å². The third-order valence-electron chi connectivity index (χ3n) is 3.70. The lowest BCUT2D eigenvalue weighted by molar-refractivity contribution is -0.129. The van der Waals surface area contributed by atoms with Crippen LogP contribution >= 0.6 is 0 Å². The second-order valence-corrected chi connectivity index (χ2v) is 5.15. The van der Waals surface area contributed by atoms with Gasteiger partial charge in [0, 0.05) is 37.9 Å². The van der Waals surface area contributed by atoms with Crippen molar-refractivity contribution in [3.05, 3.63) is 23.3 Å². The highest BCUT2D eigenvalue weighted by Gasteiger charge is 2.14. The molecule has 7 heteroatoms. The zero-order chi connectivity index (χ0) is 15.4. The molecule has 0 atom stereocenters. The number of rotatable bonds is 6. The summed E-state index contributed by atoms with van der Waals surface area (Å²) in [6.07, 6.45) is 2.64. The fraction of sp³-hybridized carbons (Fsp3) is 0.571. The summed E-state index contributed by atoms with van der Waals surface area (Å²) < 4.78 is 1.72. The van der Waals surface area contributed by atoms with E-state index in [9.17, 15) is 4.79 Å². The van der Waals surface area contributed by atoms with Crippen molar-refractivity contribution in [1.82, 2.24) is 29.8 Å². The maximum Gasteiger partial charge on any atom is 0.252 e. The van der Waals surface area contributed by atoms with Crippen LogP contribution in [0.4, 0.5) is 0 Å². The summed E-state index contributed by atoms with van der Waals surface area (Å²) in [6.45, 7) is 5.45. The van der Waals surface area contributed by atoms with Gasteiger partial charge >= 0.3 is 0 Å². The van der Waals surface area contributed by atoms with Crippen molar-refractivity contribution >= 4 is 11.7 Å². The molecule has 0 unspecified atom stereocenters. The predicted molar refractivity (Wildman–Crippen MR) is 80.1 cm³/mol. The number of nitrogens with one attached hydrogen (secondary N) is 1. The molecule has 21 heavy (non-hydrogen) atoms. The average Bonchev–Trinajstić information content (AvgIpc) is 2.92. The number of fused-ring (bicyclic) bond motifs is 1. The normalized spacial score (nSPS) is 11.0. The van der Waals surface area contributed by atoms with Gasteiger partial charge in [-0.05, 0) is 32.9 Å². The Morgan fingerprint density at radius 2 is 2.19 bits per heavy atom. The van der Waals surface area contributed by atoms with Crippen molar-refractivity contribution in [1.29, 1.82) is 0 Å². The Morgan fingerprint density at radius 1 is 1.43 bits per heavy atom. The van der Waals surface area contributed by atoms with Crippen LogP contribution in [-0.4, -0.2) is 57.6 Å². The van der Waals surface area contributed by atoms with Crippen LogP contribution in [0, 0.1) is 13.8 Å². The summed E-state index contributed by atoms with van der Waals surface area (Å²) in [7, 11) is 3.71. The quantitative estimate of drug-likeness (QED) is 0.831. The van der Waals surface area contributed by atoms with Crippen LogP contribution in [0.25, 0.3) is 5.78 Å². The monoisotopic (exact) mass is 290 g/mol. The number of hydrogen-bond donors (Lipinski definition) is 1. The van der Waals surface area contributed by atoms with Gasteiger partial charge in [-0.2, -0.15) is 10.1 Å². The number of carbonyl (C=O) groups is 1. The van der Waals surface area contributed by atoms with Gasteiger partial charge in [-0.1, -0.05) is 0 Å². The Labute approximate surface area is 124 Å². The van der Waals surface area contributed by atoms with Gasteiger partial charge < -0.3 is 10.2 Å². The van der Waals surface area contributed by atoms with Gasteiger partial charge in [0.2, 0.25) is 5.91 Å². The van der Waals surface area contributed by atoms with Crippen molar-refractivity contribution < 1.29 is 4.79 Å². The molecule has 1 N–H and O–H groups in total. The number of aromatic nitrogens is 4. The summed E-state index contributed by atoms with van der Waals surface area (Å²) in [4.78, 5) is 22.4. The zero-order valence-electron chi connectivity index (χ0n) is 13.1. The third kappa shape index (κ3) is 3.36. The molecule has 7 nitrogen and oxygen atoms in total. The van der Waals surface area contributed by atoms with Crippen LogP contribution in [0.2, 0.25) is 0 Å². The second-order valence-electron chi connectivity index (χ2n) is 5.15. The van der Waals surface area contributed by atoms with Gasteiger partial charge in [0.05, 0.1) is 0 Å². The highest BCUT2D eigenvalue weighted by molar-refractivity contribution is 5.76. The minimum atomic E-state index is 0.141. The molecular weight excluding hydrogens is 268 g/mol. The molecule has 2 heterocycles. The first-order valence-electron chi connectivity index (χ1n) is 7.09. The van der Waals surface area contributed by atoms with Crippen molar-refractivity contribution in [3.63, 3.8) is 0 Å². The van der Waals surface area contributed by atoms with Gasteiger partial charge in [0.25, 0.3) is 5.78 Å². The number of hydrogen-bond acceptors (Lipinski definition) is 5. The maximum absolute atomic E-state index is 12.1. The molecule has 114 valence electrons. The highest BCUT2D eigenvalue weighted by atomic mass is 16.2. The lowest BCUT2D eigenvalue weighted by Crippen LogP contribution is -2.33. The largest absolute Gasteiger partial charge is 0.344 e. The number of likely N-dealkylation sites (N-methyl/N-ethyl adjacent to an activating group) is 2. The Bertz CT molecular complexity index is 636. The molecule has 2 aromatic heterocycles. The van der Waals surface area contributed by atoms with E-state index in [0.29, 0.717) is 25.2 Å². The molecule has 0 spiro atoms. The molecule has 2 aromatic rings. The fourth-order valence-corrected chi connectivity index (χ4v) is 2.34. The van der Waals surface area contributed by atoms with Gasteiger partial charge in [-0.15, -0.1) is 0 Å². The van der Waals surface area contributed by atoms with Crippen LogP contribution in [0.3, 0.4) is 0 Å². The van der Waals surface area contributed by atoms with Gasteiger partial charge in [0.15, 0.2) is 0 Å². The molecule has 0 fully saturated rings. The first-order valence-corrected chi connectivity index (χ1v) is 7.09. The van der Waals surface area contributed by atoms with E-state index in [1.807, 2.05) is 27.9 Å². The molecule has 1 amide bonds. The van der Waals surface area contributed by atoms with E-state index in [4.69, 9.17) is 0 Å². The molecule has 0 saturated carbocycles. The summed E-state index contributed by atoms with van der Waals surface area (Å²) in [5.74, 6) is 0.744. The Balaban J connectivity index is 2.08. The number of amides is 1. The van der Waals surface area contributed by atoms with E-state index in [1.54, 1.807) is 9.42 Å². The lowest BCUT2D eigenvalue weighted by atomic mass is 10.1. The van der Waals surface area contributed by atoms with Crippen molar-refractivity contribution in [3.8, 4) is 0 Å². The number of carbonyl (C=O) groups excluding carboxylic acids is 1. The molecule has 0 aliphatic carbocycles. The van der Waals surface area contributed by atoms with E-state index in [-0.39, 0.29) is 5.91 Å². The van der Waals surface area contributed by atoms with Crippen molar-refractivity contribution in [2.24, 2.45) is 0 Å². The van der Waals surface area contributed by atoms with Crippen molar-refractivity contribution in [2.75, 3.05) is 27.2 Å². The fourth-order valence-electron chi connectivity index (χ4n) is 2.34. The van der Waals surface area contributed by atoms with E-state index in [1.165, 1.54) is 6.33 Å². The molecule has 0 aliphatic rings. The Morgan fingerprint density at radius 3 is 2.90 bits per heavy atom. The predicted octanol–water partition coefficient (Wildman–Crippen LogP) is 0.352. The average molecular weight is 290 g/mol.